The van der Waals surface area contributed by atoms with Crippen molar-refractivity contribution in [3.05, 3.63) is 65.7 Å². The lowest BCUT2D eigenvalue weighted by molar-refractivity contribution is -0.138. The SMILES string of the molecule is COc1ccc(C=CC(=O)OCc2ccccc2)cc1OC. The third kappa shape index (κ3) is 4.38. The average molecular weight is 298 g/mol. The van der Waals surface area contributed by atoms with E-state index in [9.17, 15) is 4.79 Å². The number of ether oxygens (including phenoxy) is 3. The molecule has 0 bridgehead atoms. The number of hydrogen-bond acceptors (Lipinski definition) is 4. The molecule has 114 valence electrons. The summed E-state index contributed by atoms with van der Waals surface area (Å²) in [7, 11) is 3.15. The van der Waals surface area contributed by atoms with Gasteiger partial charge in [0.15, 0.2) is 11.5 Å². The Morgan fingerprint density at radius 3 is 2.41 bits per heavy atom. The Morgan fingerprint density at radius 1 is 1.00 bits per heavy atom. The van der Waals surface area contributed by atoms with Crippen molar-refractivity contribution >= 4 is 12.0 Å². The van der Waals surface area contributed by atoms with Crippen molar-refractivity contribution in [2.24, 2.45) is 0 Å². The lowest BCUT2D eigenvalue weighted by atomic mass is 10.2. The van der Waals surface area contributed by atoms with Crippen molar-refractivity contribution in [3.63, 3.8) is 0 Å². The minimum atomic E-state index is -0.390. The maximum Gasteiger partial charge on any atom is 0.331 e. The quantitative estimate of drug-likeness (QED) is 0.605. The van der Waals surface area contributed by atoms with Crippen molar-refractivity contribution in [3.8, 4) is 11.5 Å². The predicted molar refractivity (Wildman–Crippen MR) is 84.8 cm³/mol. The molecule has 0 radical (unpaired) electrons. The molecule has 22 heavy (non-hydrogen) atoms. The van der Waals surface area contributed by atoms with Gasteiger partial charge in [-0.3, -0.25) is 0 Å². The molecule has 0 aliphatic heterocycles. The van der Waals surface area contributed by atoms with Crippen LogP contribution in [0.25, 0.3) is 6.08 Å². The third-order valence-corrected chi connectivity index (χ3v) is 3.04. The largest absolute Gasteiger partial charge is 0.493 e. The van der Waals surface area contributed by atoms with Crippen LogP contribution in [0.3, 0.4) is 0 Å². The monoisotopic (exact) mass is 298 g/mol. The molecule has 0 unspecified atom stereocenters. The molecule has 0 aromatic heterocycles. The fraction of sp³-hybridized carbons (Fsp3) is 0.167. The molecule has 0 N–H and O–H groups in total. The van der Waals surface area contributed by atoms with Gasteiger partial charge < -0.3 is 14.2 Å². The first-order valence-corrected chi connectivity index (χ1v) is 6.83. The summed E-state index contributed by atoms with van der Waals surface area (Å²) in [6, 6.07) is 15.0. The van der Waals surface area contributed by atoms with Crippen LogP contribution in [0.15, 0.2) is 54.6 Å². The molecule has 0 aliphatic rings. The van der Waals surface area contributed by atoms with Gasteiger partial charge in [-0.1, -0.05) is 36.4 Å². The zero-order chi connectivity index (χ0) is 15.8. The minimum absolute atomic E-state index is 0.260. The van der Waals surface area contributed by atoms with Crippen molar-refractivity contribution in [1.29, 1.82) is 0 Å². The Bertz CT molecular complexity index is 647. The second-order valence-corrected chi connectivity index (χ2v) is 4.54. The highest BCUT2D eigenvalue weighted by Crippen LogP contribution is 2.27. The highest BCUT2D eigenvalue weighted by molar-refractivity contribution is 5.87. The van der Waals surface area contributed by atoms with E-state index in [-0.39, 0.29) is 6.61 Å². The third-order valence-electron chi connectivity index (χ3n) is 3.04. The van der Waals surface area contributed by atoms with E-state index in [4.69, 9.17) is 14.2 Å². The van der Waals surface area contributed by atoms with Crippen LogP contribution in [0.1, 0.15) is 11.1 Å². The van der Waals surface area contributed by atoms with E-state index in [2.05, 4.69) is 0 Å². The fourth-order valence-corrected chi connectivity index (χ4v) is 1.90. The molecule has 4 heteroatoms. The first kappa shape index (κ1) is 15.6. The van der Waals surface area contributed by atoms with E-state index in [0.29, 0.717) is 11.5 Å². The maximum absolute atomic E-state index is 11.7. The zero-order valence-electron chi connectivity index (χ0n) is 12.6. The molecule has 0 atom stereocenters. The van der Waals surface area contributed by atoms with Gasteiger partial charge in [0, 0.05) is 6.08 Å². The van der Waals surface area contributed by atoms with Crippen LogP contribution < -0.4 is 9.47 Å². The number of hydrogen-bond donors (Lipinski definition) is 0. The van der Waals surface area contributed by atoms with Crippen LogP contribution >= 0.6 is 0 Å². The Labute approximate surface area is 129 Å². The molecule has 0 aliphatic carbocycles. The van der Waals surface area contributed by atoms with Crippen molar-refractivity contribution in [2.75, 3.05) is 14.2 Å². The summed E-state index contributed by atoms with van der Waals surface area (Å²) in [6.45, 7) is 0.260. The molecular weight excluding hydrogens is 280 g/mol. The number of carbonyl (C=O) groups is 1. The van der Waals surface area contributed by atoms with Crippen LogP contribution in [-0.4, -0.2) is 20.2 Å². The second kappa shape index (κ2) is 7.88. The maximum atomic E-state index is 11.7. The molecule has 0 amide bonds. The summed E-state index contributed by atoms with van der Waals surface area (Å²) in [5.74, 6) is 0.868. The molecule has 2 aromatic rings. The topological polar surface area (TPSA) is 44.8 Å². The summed E-state index contributed by atoms with van der Waals surface area (Å²) in [5, 5.41) is 0. The molecule has 0 fully saturated rings. The molecular formula is C18H18O4. The van der Waals surface area contributed by atoms with E-state index in [1.807, 2.05) is 36.4 Å². The van der Waals surface area contributed by atoms with Gasteiger partial charge in [0.1, 0.15) is 6.61 Å². The van der Waals surface area contributed by atoms with Crippen LogP contribution in [0, 0.1) is 0 Å². The fourth-order valence-electron chi connectivity index (χ4n) is 1.90. The number of methoxy groups -OCH3 is 2. The van der Waals surface area contributed by atoms with Gasteiger partial charge in [-0.2, -0.15) is 0 Å². The van der Waals surface area contributed by atoms with Crippen LogP contribution in [0.4, 0.5) is 0 Å². The summed E-state index contributed by atoms with van der Waals surface area (Å²) >= 11 is 0. The summed E-state index contributed by atoms with van der Waals surface area (Å²) in [6.07, 6.45) is 3.07. The standard InChI is InChI=1S/C18H18O4/c1-20-16-10-8-14(12-17(16)21-2)9-11-18(19)22-13-15-6-4-3-5-7-15/h3-12H,13H2,1-2H3. The van der Waals surface area contributed by atoms with Gasteiger partial charge in [0.05, 0.1) is 14.2 Å². The van der Waals surface area contributed by atoms with Crippen LogP contribution in [-0.2, 0) is 16.1 Å². The van der Waals surface area contributed by atoms with E-state index in [1.165, 1.54) is 6.08 Å². The predicted octanol–water partition coefficient (Wildman–Crippen LogP) is 3.46. The molecule has 0 saturated heterocycles. The van der Waals surface area contributed by atoms with Gasteiger partial charge in [0.25, 0.3) is 0 Å². The van der Waals surface area contributed by atoms with Gasteiger partial charge >= 0.3 is 5.97 Å². The number of carbonyl (C=O) groups excluding carboxylic acids is 1. The lowest BCUT2D eigenvalue weighted by Gasteiger charge is -2.07. The normalized spacial score (nSPS) is 10.5. The summed E-state index contributed by atoms with van der Waals surface area (Å²) in [5.41, 5.74) is 1.78. The van der Waals surface area contributed by atoms with Crippen molar-refractivity contribution in [1.82, 2.24) is 0 Å². The highest BCUT2D eigenvalue weighted by atomic mass is 16.5. The van der Waals surface area contributed by atoms with Crippen molar-refractivity contribution < 1.29 is 19.0 Å². The van der Waals surface area contributed by atoms with Crippen LogP contribution in [0.2, 0.25) is 0 Å². The first-order valence-electron chi connectivity index (χ1n) is 6.83. The second-order valence-electron chi connectivity index (χ2n) is 4.54. The summed E-state index contributed by atoms with van der Waals surface area (Å²) in [4.78, 5) is 11.7. The van der Waals surface area contributed by atoms with Gasteiger partial charge in [-0.05, 0) is 29.3 Å². The number of rotatable bonds is 6. The molecule has 4 nitrogen and oxygen atoms in total. The zero-order valence-corrected chi connectivity index (χ0v) is 12.6. The minimum Gasteiger partial charge on any atom is -0.493 e. The highest BCUT2D eigenvalue weighted by Gasteiger charge is 2.03. The Hall–Kier alpha value is -2.75. The summed E-state index contributed by atoms with van der Waals surface area (Å²) < 4.78 is 15.5. The van der Waals surface area contributed by atoms with Gasteiger partial charge in [-0.15, -0.1) is 0 Å². The van der Waals surface area contributed by atoms with E-state index < -0.39 is 5.97 Å². The Morgan fingerprint density at radius 2 is 1.73 bits per heavy atom. The van der Waals surface area contributed by atoms with Crippen molar-refractivity contribution in [2.45, 2.75) is 6.61 Å². The number of benzene rings is 2. The first-order chi connectivity index (χ1) is 10.7. The van der Waals surface area contributed by atoms with Gasteiger partial charge in [-0.25, -0.2) is 4.79 Å². The number of esters is 1. The van der Waals surface area contributed by atoms with Gasteiger partial charge in [0.2, 0.25) is 0 Å². The molecule has 2 aromatic carbocycles. The molecule has 2 rings (SSSR count). The molecule has 0 saturated carbocycles. The Balaban J connectivity index is 1.95. The Kier molecular flexibility index (Phi) is 5.60. The molecule has 0 spiro atoms. The smallest absolute Gasteiger partial charge is 0.331 e. The van der Waals surface area contributed by atoms with E-state index in [1.54, 1.807) is 32.4 Å². The van der Waals surface area contributed by atoms with Crippen LogP contribution in [0.5, 0.6) is 11.5 Å². The van der Waals surface area contributed by atoms with E-state index in [0.717, 1.165) is 11.1 Å². The van der Waals surface area contributed by atoms with E-state index >= 15 is 0 Å². The molecule has 0 heterocycles. The average Bonchev–Trinajstić information content (AvgIpc) is 2.58. The lowest BCUT2D eigenvalue weighted by Crippen LogP contribution is -2.00.